The highest BCUT2D eigenvalue weighted by Crippen LogP contribution is 2.54. The van der Waals surface area contributed by atoms with Crippen LogP contribution in [0.5, 0.6) is 0 Å². The average Bonchev–Trinajstić information content (AvgIpc) is 1.63. The van der Waals surface area contributed by atoms with E-state index < -0.39 is 10.3 Å². The lowest BCUT2D eigenvalue weighted by atomic mass is 9.70. The first kappa shape index (κ1) is 64.6. The number of nitrogens with two attached hydrogens (primary N) is 1. The fourth-order valence-electron chi connectivity index (χ4n) is 15.5. The Balaban J connectivity index is 0.000000128. The summed E-state index contributed by atoms with van der Waals surface area (Å²) in [5.74, 6) is 0.771. The largest absolute Gasteiger partial charge is 0.399 e. The number of likely N-dealkylation sites (N-methyl/N-ethyl adjacent to an activating group) is 4. The van der Waals surface area contributed by atoms with E-state index in [1.807, 2.05) is 55.0 Å². The van der Waals surface area contributed by atoms with Crippen molar-refractivity contribution in [2.45, 2.75) is 185 Å². The summed E-state index contributed by atoms with van der Waals surface area (Å²) >= 11 is 4.85. The molecule has 14 rings (SSSR count). The van der Waals surface area contributed by atoms with Gasteiger partial charge in [-0.2, -0.15) is 5.10 Å². The maximum Gasteiger partial charge on any atom is 0.269 e. The molecule has 4 aliphatic carbocycles. The molecule has 4 aliphatic heterocycles. The van der Waals surface area contributed by atoms with Gasteiger partial charge in [-0.15, -0.1) is 0 Å². The van der Waals surface area contributed by atoms with Gasteiger partial charge in [-0.1, -0.05) is 109 Å². The van der Waals surface area contributed by atoms with Crippen LogP contribution in [0.25, 0.3) is 22.3 Å². The number of nitro groups is 2. The minimum atomic E-state index is -0.504. The van der Waals surface area contributed by atoms with E-state index in [0.717, 1.165) is 161 Å². The van der Waals surface area contributed by atoms with Crippen molar-refractivity contribution < 1.29 is 29.0 Å². The number of anilines is 5. The van der Waals surface area contributed by atoms with Gasteiger partial charge >= 0.3 is 0 Å². The number of non-ortho nitro benzene ring substituents is 2. The molecular formula is C68H84I2N10O8. The van der Waals surface area contributed by atoms with Crippen LogP contribution in [-0.2, 0) is 54.7 Å². The number of H-pyrrole nitrogens is 2. The normalized spacial score (nSPS) is 18.6. The zero-order valence-corrected chi connectivity index (χ0v) is 55.8. The molecule has 3 saturated carbocycles. The zero-order chi connectivity index (χ0) is 62.5. The maximum absolute atomic E-state index is 13.4. The standard InChI is InChI=1S/C23H26N4O.C15H18N2O3.C15H20N2O.C10H10N2O3.C5H10I2/c1-2-27-19-11-16-15-8-6-7-14-13-24-26-20(14)21(15)25-18(16)12-17(19)23(22(27)28)9-4-3-5-10-23;1-2-16-13-7-6-11(17(19)20)10-12(13)15(14(16)18)8-4-3-5-9-15;1-2-17-13-7-6-11(16)10-12(13)15(14(17)18)8-4-3-5-9-15;1-2-11-9-4-3-8(12(14)15)5-7(9)6-10(11)13;6-4-2-1-3-5-7/h11-13,25H,2-10H2,1H3,(H,24,26);6-7,10H,2-5,8-9H2,1H3;6-7,10H,2-5,8-9,16H2,1H3;3-5H,2,6H2,1H3;1-5H2. The summed E-state index contributed by atoms with van der Waals surface area (Å²) in [5, 5.41) is 30.3. The van der Waals surface area contributed by atoms with Crippen LogP contribution in [0.2, 0.25) is 0 Å². The number of fused-ring (bicyclic) bond motifs is 12. The summed E-state index contributed by atoms with van der Waals surface area (Å²) < 4.78 is 2.66. The quantitative estimate of drug-likeness (QED) is 0.0293. The number of carbonyl (C=O) groups is 4. The minimum Gasteiger partial charge on any atom is -0.399 e. The highest BCUT2D eigenvalue weighted by Gasteiger charge is 2.53. The van der Waals surface area contributed by atoms with Crippen molar-refractivity contribution in [3.05, 3.63) is 127 Å². The van der Waals surface area contributed by atoms with E-state index >= 15 is 0 Å². The van der Waals surface area contributed by atoms with E-state index in [0.29, 0.717) is 24.9 Å². The SMILES string of the molecule is CCN1C(=O)C2(CCCCC2)c2cc(N)ccc21.CCN1C(=O)C2(CCCCC2)c2cc([N+](=O)[O-])ccc21.CCN1C(=O)C2(CCCCC2)c2cc3[nH]c4c(c3cc21)CCCc1cn[nH]c1-4.CCN1C(=O)Cc2cc([N+](=O)[O-])ccc21.ICCCCCI. The van der Waals surface area contributed by atoms with Gasteiger partial charge in [-0.25, -0.2) is 0 Å². The van der Waals surface area contributed by atoms with Crippen molar-refractivity contribution in [3.8, 4) is 11.4 Å². The average molecular weight is 1420 g/mol. The lowest BCUT2D eigenvalue weighted by Gasteiger charge is -2.32. The first-order chi connectivity index (χ1) is 42.6. The van der Waals surface area contributed by atoms with Crippen LogP contribution in [0.1, 0.15) is 183 Å². The van der Waals surface area contributed by atoms with Crippen molar-refractivity contribution in [2.75, 3.05) is 60.4 Å². The fourth-order valence-corrected chi connectivity index (χ4v) is 16.5. The molecule has 18 nitrogen and oxygen atoms in total. The van der Waals surface area contributed by atoms with Crippen molar-refractivity contribution in [1.29, 1.82) is 0 Å². The Morgan fingerprint density at radius 3 is 1.52 bits per heavy atom. The van der Waals surface area contributed by atoms with E-state index in [1.165, 1.54) is 98.0 Å². The third-order valence-electron chi connectivity index (χ3n) is 19.8. The second-order valence-corrected chi connectivity index (χ2v) is 26.8. The van der Waals surface area contributed by atoms with Crippen LogP contribution in [0.3, 0.4) is 0 Å². The smallest absolute Gasteiger partial charge is 0.269 e. The van der Waals surface area contributed by atoms with Gasteiger partial charge in [-0.3, -0.25) is 44.5 Å². The Labute approximate surface area is 543 Å². The van der Waals surface area contributed by atoms with Crippen molar-refractivity contribution in [3.63, 3.8) is 0 Å². The van der Waals surface area contributed by atoms with E-state index in [2.05, 4.69) is 79.4 Å². The van der Waals surface area contributed by atoms with Crippen molar-refractivity contribution >= 4 is 120 Å². The topological polar surface area (TPSA) is 238 Å². The predicted molar refractivity (Wildman–Crippen MR) is 367 cm³/mol. The number of benzene rings is 4. The zero-order valence-electron chi connectivity index (χ0n) is 51.5. The number of rotatable bonds is 10. The number of unbranched alkanes of at least 4 members (excludes halogenated alkanes) is 2. The van der Waals surface area contributed by atoms with Crippen LogP contribution in [0, 0.1) is 20.2 Å². The number of halogens is 2. The van der Waals surface area contributed by atoms with Crippen LogP contribution in [-0.4, -0.2) is 83.7 Å². The number of hydrogen-bond acceptors (Lipinski definition) is 10. The number of hydrogen-bond donors (Lipinski definition) is 3. The van der Waals surface area contributed by atoms with Crippen LogP contribution in [0.4, 0.5) is 39.8 Å². The molecule has 0 radical (unpaired) electrons. The number of nitrogens with one attached hydrogen (secondary N) is 2. The molecule has 468 valence electrons. The highest BCUT2D eigenvalue weighted by molar-refractivity contribution is 14.1. The molecule has 2 aromatic heterocycles. The molecule has 0 atom stereocenters. The van der Waals surface area contributed by atoms with Crippen LogP contribution in [0.15, 0.2) is 72.9 Å². The lowest BCUT2D eigenvalue weighted by Crippen LogP contribution is -2.41. The van der Waals surface area contributed by atoms with E-state index in [4.69, 9.17) is 5.73 Å². The Hall–Kier alpha value is -6.43. The Kier molecular flexibility index (Phi) is 20.4. The third-order valence-corrected chi connectivity index (χ3v) is 21.3. The molecule has 6 heterocycles. The number of carbonyl (C=O) groups excluding carboxylic acids is 4. The van der Waals surface area contributed by atoms with Gasteiger partial charge in [0, 0.05) is 89.8 Å². The van der Waals surface area contributed by atoms with Gasteiger partial charge < -0.3 is 30.3 Å². The molecule has 4 aromatic carbocycles. The van der Waals surface area contributed by atoms with E-state index in [9.17, 15) is 39.4 Å². The van der Waals surface area contributed by atoms with Gasteiger partial charge in [0.25, 0.3) is 11.4 Å². The number of nitrogens with zero attached hydrogens (tertiary/aromatic N) is 7. The lowest BCUT2D eigenvalue weighted by molar-refractivity contribution is -0.385. The minimum absolute atomic E-state index is 0.00741. The van der Waals surface area contributed by atoms with Gasteiger partial charge in [0.15, 0.2) is 0 Å². The molecule has 20 heteroatoms. The number of aromatic nitrogens is 3. The summed E-state index contributed by atoms with van der Waals surface area (Å²) in [7, 11) is 0. The molecule has 4 amide bonds. The molecule has 6 aromatic rings. The first-order valence-corrected chi connectivity index (χ1v) is 35.2. The number of nitro benzene ring substituents is 2. The van der Waals surface area contributed by atoms with E-state index in [1.54, 1.807) is 28.0 Å². The molecule has 0 saturated heterocycles. The highest BCUT2D eigenvalue weighted by atomic mass is 127. The fraction of sp³-hybridized carbons (Fsp3) is 0.515. The predicted octanol–water partition coefficient (Wildman–Crippen LogP) is 15.1. The Bertz CT molecular complexity index is 3590. The van der Waals surface area contributed by atoms with Gasteiger partial charge in [0.05, 0.1) is 50.1 Å². The summed E-state index contributed by atoms with van der Waals surface area (Å²) in [4.78, 5) is 82.3. The maximum atomic E-state index is 13.4. The molecule has 8 aliphatic rings. The van der Waals surface area contributed by atoms with Gasteiger partial charge in [-0.05, 0) is 183 Å². The Morgan fingerprint density at radius 1 is 0.534 bits per heavy atom. The second kappa shape index (κ2) is 27.8. The van der Waals surface area contributed by atoms with Crippen LogP contribution < -0.4 is 25.3 Å². The summed E-state index contributed by atoms with van der Waals surface area (Å²) in [5.41, 5.74) is 19.9. The van der Waals surface area contributed by atoms with E-state index in [-0.39, 0.29) is 45.4 Å². The molecule has 88 heavy (non-hydrogen) atoms. The summed E-state index contributed by atoms with van der Waals surface area (Å²) in [6, 6.07) is 19.9. The van der Waals surface area contributed by atoms with Gasteiger partial charge in [0.1, 0.15) is 0 Å². The molecule has 0 bridgehead atoms. The molecule has 3 spiro atoms. The number of alkyl halides is 2. The van der Waals surface area contributed by atoms with Gasteiger partial charge in [0.2, 0.25) is 23.6 Å². The first-order valence-electron chi connectivity index (χ1n) is 32.1. The molecular weight excluding hydrogens is 1340 g/mol. The number of amides is 4. The molecule has 4 N–H and O–H groups in total. The van der Waals surface area contributed by atoms with Crippen LogP contribution >= 0.6 is 45.2 Å². The molecule has 0 unspecified atom stereocenters. The monoisotopic (exact) mass is 1420 g/mol. The third kappa shape index (κ3) is 12.0. The summed E-state index contributed by atoms with van der Waals surface area (Å²) in [6.45, 7) is 10.7. The number of nitrogen functional groups attached to an aromatic ring is 1. The van der Waals surface area contributed by atoms with Crippen molar-refractivity contribution in [1.82, 2.24) is 15.2 Å². The summed E-state index contributed by atoms with van der Waals surface area (Å²) in [6.07, 6.45) is 25.6. The Morgan fingerprint density at radius 2 is 1.01 bits per heavy atom. The number of aryl methyl sites for hydroxylation is 2. The number of aromatic amines is 2. The second-order valence-electron chi connectivity index (χ2n) is 24.7. The van der Waals surface area contributed by atoms with Crippen molar-refractivity contribution in [2.24, 2.45) is 0 Å². The molecule has 3 fully saturated rings.